The highest BCUT2D eigenvalue weighted by atomic mass is 16.3. The van der Waals surface area contributed by atoms with Gasteiger partial charge < -0.3 is 15.3 Å². The van der Waals surface area contributed by atoms with E-state index in [1.165, 1.54) is 51.7 Å². The van der Waals surface area contributed by atoms with Crippen LogP contribution in [-0.4, -0.2) is 48.8 Å². The van der Waals surface area contributed by atoms with Crippen molar-refractivity contribution in [3.05, 3.63) is 0 Å². The summed E-state index contributed by atoms with van der Waals surface area (Å²) in [6, 6.07) is 0.649. The monoisotopic (exact) mass is 254 g/mol. The molecule has 1 aliphatic heterocycles. The first kappa shape index (κ1) is 14.3. The Bertz CT molecular complexity index is 229. The lowest BCUT2D eigenvalue weighted by Gasteiger charge is -2.38. The van der Waals surface area contributed by atoms with Gasteiger partial charge in [0, 0.05) is 25.7 Å². The topological polar surface area (TPSA) is 35.5 Å². The Morgan fingerprint density at radius 1 is 1.17 bits per heavy atom. The number of piperidine rings is 1. The quantitative estimate of drug-likeness (QED) is 0.759. The summed E-state index contributed by atoms with van der Waals surface area (Å²) in [5.74, 6) is 1.61. The van der Waals surface area contributed by atoms with Crippen molar-refractivity contribution >= 4 is 0 Å². The highest BCUT2D eigenvalue weighted by Gasteiger charge is 2.26. The van der Waals surface area contributed by atoms with Crippen molar-refractivity contribution < 1.29 is 5.11 Å². The van der Waals surface area contributed by atoms with E-state index in [1.807, 2.05) is 0 Å². The van der Waals surface area contributed by atoms with Crippen LogP contribution in [0, 0.1) is 11.8 Å². The number of aliphatic hydroxyl groups excluding tert-OH is 1. The number of rotatable bonds is 6. The van der Waals surface area contributed by atoms with Gasteiger partial charge in [0.25, 0.3) is 0 Å². The lowest BCUT2D eigenvalue weighted by atomic mass is 9.91. The smallest absolute Gasteiger partial charge is 0.0434 e. The second-order valence-electron chi connectivity index (χ2n) is 6.22. The third-order valence-electron chi connectivity index (χ3n) is 4.77. The van der Waals surface area contributed by atoms with Gasteiger partial charge in [-0.2, -0.15) is 0 Å². The SMILES string of the molecule is CCN1CC(CCO)CC(NCC2CCCC2)C1. The average molecular weight is 254 g/mol. The van der Waals surface area contributed by atoms with Crippen LogP contribution >= 0.6 is 0 Å². The fraction of sp³-hybridized carbons (Fsp3) is 1.00. The van der Waals surface area contributed by atoms with Crippen LogP contribution in [-0.2, 0) is 0 Å². The fourth-order valence-electron chi connectivity index (χ4n) is 3.65. The van der Waals surface area contributed by atoms with E-state index in [2.05, 4.69) is 17.1 Å². The highest BCUT2D eigenvalue weighted by molar-refractivity contribution is 4.84. The largest absolute Gasteiger partial charge is 0.396 e. The zero-order valence-electron chi connectivity index (χ0n) is 11.9. The maximum Gasteiger partial charge on any atom is 0.0434 e. The minimum Gasteiger partial charge on any atom is -0.396 e. The molecule has 0 aromatic rings. The van der Waals surface area contributed by atoms with Gasteiger partial charge in [-0.1, -0.05) is 19.8 Å². The van der Waals surface area contributed by atoms with Crippen molar-refractivity contribution in [3.63, 3.8) is 0 Å². The fourth-order valence-corrected chi connectivity index (χ4v) is 3.65. The molecule has 2 unspecified atom stereocenters. The summed E-state index contributed by atoms with van der Waals surface area (Å²) >= 11 is 0. The van der Waals surface area contributed by atoms with Crippen LogP contribution in [0.3, 0.4) is 0 Å². The van der Waals surface area contributed by atoms with Gasteiger partial charge in [-0.3, -0.25) is 0 Å². The molecular weight excluding hydrogens is 224 g/mol. The van der Waals surface area contributed by atoms with Crippen LogP contribution in [0.25, 0.3) is 0 Å². The molecule has 1 heterocycles. The number of likely N-dealkylation sites (N-methyl/N-ethyl adjacent to an activating group) is 1. The molecule has 1 aliphatic carbocycles. The molecule has 0 bridgehead atoms. The molecule has 2 atom stereocenters. The summed E-state index contributed by atoms with van der Waals surface area (Å²) in [6.07, 6.45) is 7.95. The third-order valence-corrected chi connectivity index (χ3v) is 4.77. The van der Waals surface area contributed by atoms with Gasteiger partial charge >= 0.3 is 0 Å². The molecule has 3 nitrogen and oxygen atoms in total. The molecule has 0 amide bonds. The number of likely N-dealkylation sites (tertiary alicyclic amines) is 1. The van der Waals surface area contributed by atoms with Gasteiger partial charge in [-0.15, -0.1) is 0 Å². The van der Waals surface area contributed by atoms with Gasteiger partial charge in [0.2, 0.25) is 0 Å². The lowest BCUT2D eigenvalue weighted by Crippen LogP contribution is -2.50. The lowest BCUT2D eigenvalue weighted by molar-refractivity contribution is 0.124. The predicted molar refractivity (Wildman–Crippen MR) is 75.7 cm³/mol. The highest BCUT2D eigenvalue weighted by Crippen LogP contribution is 2.25. The van der Waals surface area contributed by atoms with E-state index >= 15 is 0 Å². The second-order valence-corrected chi connectivity index (χ2v) is 6.22. The maximum atomic E-state index is 9.13. The summed E-state index contributed by atoms with van der Waals surface area (Å²) in [5.41, 5.74) is 0. The third kappa shape index (κ3) is 4.22. The molecule has 0 aromatic carbocycles. The van der Waals surface area contributed by atoms with Gasteiger partial charge in [-0.25, -0.2) is 0 Å². The molecule has 2 N–H and O–H groups in total. The summed E-state index contributed by atoms with van der Waals surface area (Å²) in [6.45, 7) is 7.33. The molecule has 0 spiro atoms. The van der Waals surface area contributed by atoms with Crippen molar-refractivity contribution in [2.24, 2.45) is 11.8 Å². The maximum absolute atomic E-state index is 9.13. The number of nitrogens with zero attached hydrogens (tertiary/aromatic N) is 1. The first-order chi connectivity index (χ1) is 8.81. The molecule has 0 radical (unpaired) electrons. The van der Waals surface area contributed by atoms with Crippen molar-refractivity contribution in [3.8, 4) is 0 Å². The Morgan fingerprint density at radius 3 is 2.61 bits per heavy atom. The summed E-state index contributed by atoms with van der Waals surface area (Å²) in [5, 5.41) is 12.9. The number of nitrogens with one attached hydrogen (secondary N) is 1. The zero-order chi connectivity index (χ0) is 12.8. The van der Waals surface area contributed by atoms with E-state index in [9.17, 15) is 0 Å². The van der Waals surface area contributed by atoms with Gasteiger partial charge in [-0.05, 0) is 50.6 Å². The zero-order valence-corrected chi connectivity index (χ0v) is 11.9. The molecule has 106 valence electrons. The molecule has 2 fully saturated rings. The van der Waals surface area contributed by atoms with Gasteiger partial charge in [0.15, 0.2) is 0 Å². The molecular formula is C15H30N2O. The summed E-state index contributed by atoms with van der Waals surface area (Å²) in [7, 11) is 0. The summed E-state index contributed by atoms with van der Waals surface area (Å²) in [4.78, 5) is 2.54. The van der Waals surface area contributed by atoms with Gasteiger partial charge in [0.1, 0.15) is 0 Å². The van der Waals surface area contributed by atoms with Crippen molar-refractivity contribution in [1.82, 2.24) is 10.2 Å². The van der Waals surface area contributed by atoms with Crippen molar-refractivity contribution in [2.45, 2.75) is 51.5 Å². The Labute approximate surface area is 112 Å². The van der Waals surface area contributed by atoms with Gasteiger partial charge in [0.05, 0.1) is 0 Å². The first-order valence-corrected chi connectivity index (χ1v) is 7.88. The standard InChI is InChI=1S/C15H30N2O/c1-2-17-11-14(7-8-18)9-15(12-17)16-10-13-5-3-4-6-13/h13-16,18H,2-12H2,1H3. The summed E-state index contributed by atoms with van der Waals surface area (Å²) < 4.78 is 0. The van der Waals surface area contributed by atoms with Crippen LogP contribution in [0.2, 0.25) is 0 Å². The molecule has 0 aromatic heterocycles. The molecule has 1 saturated heterocycles. The second kappa shape index (κ2) is 7.46. The first-order valence-electron chi connectivity index (χ1n) is 7.88. The van der Waals surface area contributed by atoms with E-state index in [-0.39, 0.29) is 0 Å². The van der Waals surface area contributed by atoms with Crippen LogP contribution in [0.5, 0.6) is 0 Å². The van der Waals surface area contributed by atoms with E-state index in [0.717, 1.165) is 18.9 Å². The van der Waals surface area contributed by atoms with Crippen LogP contribution in [0.4, 0.5) is 0 Å². The van der Waals surface area contributed by atoms with Crippen molar-refractivity contribution in [2.75, 3.05) is 32.8 Å². The van der Waals surface area contributed by atoms with Crippen LogP contribution < -0.4 is 5.32 Å². The Morgan fingerprint density at radius 2 is 1.94 bits per heavy atom. The Hall–Kier alpha value is -0.120. The molecule has 18 heavy (non-hydrogen) atoms. The number of hydrogen-bond donors (Lipinski definition) is 2. The Balaban J connectivity index is 1.74. The minimum atomic E-state index is 0.345. The van der Waals surface area contributed by atoms with Crippen LogP contribution in [0.1, 0.15) is 45.4 Å². The van der Waals surface area contributed by atoms with E-state index in [0.29, 0.717) is 18.6 Å². The van der Waals surface area contributed by atoms with E-state index in [4.69, 9.17) is 5.11 Å². The number of hydrogen-bond acceptors (Lipinski definition) is 3. The average Bonchev–Trinajstić information content (AvgIpc) is 2.89. The molecule has 3 heteroatoms. The van der Waals surface area contributed by atoms with Crippen molar-refractivity contribution in [1.29, 1.82) is 0 Å². The number of aliphatic hydroxyl groups is 1. The van der Waals surface area contributed by atoms with E-state index < -0.39 is 0 Å². The molecule has 1 saturated carbocycles. The normalized spacial score (nSPS) is 31.0. The molecule has 2 aliphatic rings. The Kier molecular flexibility index (Phi) is 5.93. The minimum absolute atomic E-state index is 0.345. The molecule has 2 rings (SSSR count). The van der Waals surface area contributed by atoms with Crippen LogP contribution in [0.15, 0.2) is 0 Å². The predicted octanol–water partition coefficient (Wildman–Crippen LogP) is 1.86. The van der Waals surface area contributed by atoms with E-state index in [1.54, 1.807) is 0 Å².